The number of nitrogens with two attached hydrogens (primary N) is 1. The van der Waals surface area contributed by atoms with E-state index < -0.39 is 0 Å². The number of hydrogen-bond donors (Lipinski definition) is 1. The minimum absolute atomic E-state index is 0.350. The van der Waals surface area contributed by atoms with Crippen molar-refractivity contribution in [2.45, 2.75) is 33.1 Å². The lowest BCUT2D eigenvalue weighted by atomic mass is 9.89. The molecule has 0 spiro atoms. The average Bonchev–Trinajstić information content (AvgIpc) is 2.46. The molecule has 2 nitrogen and oxygen atoms in total. The van der Waals surface area contributed by atoms with Crippen molar-refractivity contribution >= 4 is 0 Å². The summed E-state index contributed by atoms with van der Waals surface area (Å²) in [6.45, 7) is 7.62. The first-order valence-corrected chi connectivity index (χ1v) is 7.63. The molecule has 0 aromatic heterocycles. The summed E-state index contributed by atoms with van der Waals surface area (Å²) in [5, 5.41) is 0. The number of ether oxygens (including phenoxy) is 1. The van der Waals surface area contributed by atoms with Gasteiger partial charge in [0, 0.05) is 5.92 Å². The van der Waals surface area contributed by atoms with E-state index in [0.717, 1.165) is 12.2 Å². The normalized spacial score (nSPS) is 12.2. The van der Waals surface area contributed by atoms with Crippen molar-refractivity contribution in [1.29, 1.82) is 0 Å². The van der Waals surface area contributed by atoms with Gasteiger partial charge in [-0.05, 0) is 62.6 Å². The van der Waals surface area contributed by atoms with Gasteiger partial charge < -0.3 is 10.5 Å². The van der Waals surface area contributed by atoms with Crippen molar-refractivity contribution in [2.24, 2.45) is 5.73 Å². The second-order valence-corrected chi connectivity index (χ2v) is 5.58. The Bertz CT molecular complexity index is 592. The maximum Gasteiger partial charge on any atom is 0.119 e. The van der Waals surface area contributed by atoms with Crippen LogP contribution in [0, 0.1) is 13.8 Å². The largest absolute Gasteiger partial charge is 0.494 e. The van der Waals surface area contributed by atoms with Crippen molar-refractivity contribution < 1.29 is 4.74 Å². The Morgan fingerprint density at radius 3 is 2.52 bits per heavy atom. The van der Waals surface area contributed by atoms with Crippen LogP contribution >= 0.6 is 0 Å². The third-order valence-electron chi connectivity index (χ3n) is 3.84. The Kier molecular flexibility index (Phi) is 5.40. The van der Waals surface area contributed by atoms with E-state index in [1.165, 1.54) is 22.3 Å². The van der Waals surface area contributed by atoms with Crippen LogP contribution in [0.4, 0.5) is 0 Å². The fourth-order valence-corrected chi connectivity index (χ4v) is 2.81. The molecule has 21 heavy (non-hydrogen) atoms. The maximum absolute atomic E-state index is 6.03. The molecule has 0 saturated carbocycles. The second-order valence-electron chi connectivity index (χ2n) is 5.58. The van der Waals surface area contributed by atoms with Crippen molar-refractivity contribution in [1.82, 2.24) is 0 Å². The first-order valence-electron chi connectivity index (χ1n) is 7.63. The van der Waals surface area contributed by atoms with Crippen LogP contribution in [0.15, 0.2) is 42.5 Å². The van der Waals surface area contributed by atoms with E-state index in [0.29, 0.717) is 19.1 Å². The highest BCUT2D eigenvalue weighted by atomic mass is 16.5. The Morgan fingerprint density at radius 1 is 1.10 bits per heavy atom. The van der Waals surface area contributed by atoms with Gasteiger partial charge in [0.1, 0.15) is 5.75 Å². The number of hydrogen-bond acceptors (Lipinski definition) is 2. The standard InChI is InChI=1S/C19H25NO/c1-4-21-18-8-9-19(15(3)11-18)17(13-20)12-16-7-5-6-14(2)10-16/h5-11,17H,4,12-13,20H2,1-3H3. The molecule has 2 N–H and O–H groups in total. The lowest BCUT2D eigenvalue weighted by molar-refractivity contribution is 0.340. The van der Waals surface area contributed by atoms with Gasteiger partial charge in [-0.3, -0.25) is 0 Å². The number of benzene rings is 2. The molecule has 1 atom stereocenters. The van der Waals surface area contributed by atoms with E-state index in [1.54, 1.807) is 0 Å². The molecule has 0 amide bonds. The smallest absolute Gasteiger partial charge is 0.119 e. The predicted octanol–water partition coefficient (Wildman–Crippen LogP) is 3.99. The fourth-order valence-electron chi connectivity index (χ4n) is 2.81. The molecule has 112 valence electrons. The van der Waals surface area contributed by atoms with Crippen LogP contribution in [0.5, 0.6) is 5.75 Å². The van der Waals surface area contributed by atoms with E-state index in [9.17, 15) is 0 Å². The monoisotopic (exact) mass is 283 g/mol. The highest BCUT2D eigenvalue weighted by Crippen LogP contribution is 2.26. The van der Waals surface area contributed by atoms with Crippen LogP contribution in [0.1, 0.15) is 35.1 Å². The Hall–Kier alpha value is -1.80. The zero-order valence-electron chi connectivity index (χ0n) is 13.2. The SMILES string of the molecule is CCOc1ccc(C(CN)Cc2cccc(C)c2)c(C)c1. The van der Waals surface area contributed by atoms with Gasteiger partial charge in [0.2, 0.25) is 0 Å². The van der Waals surface area contributed by atoms with Crippen LogP contribution < -0.4 is 10.5 Å². The van der Waals surface area contributed by atoms with Gasteiger partial charge in [-0.2, -0.15) is 0 Å². The van der Waals surface area contributed by atoms with Crippen molar-refractivity contribution in [3.63, 3.8) is 0 Å². The highest BCUT2D eigenvalue weighted by Gasteiger charge is 2.14. The Balaban J connectivity index is 2.21. The van der Waals surface area contributed by atoms with Crippen LogP contribution in [-0.2, 0) is 6.42 Å². The van der Waals surface area contributed by atoms with Gasteiger partial charge in [-0.15, -0.1) is 0 Å². The molecule has 0 aliphatic rings. The van der Waals surface area contributed by atoms with Crippen LogP contribution in [0.3, 0.4) is 0 Å². The van der Waals surface area contributed by atoms with E-state index in [2.05, 4.69) is 50.2 Å². The van der Waals surface area contributed by atoms with Crippen molar-refractivity contribution in [3.05, 3.63) is 64.7 Å². The molecule has 0 heterocycles. The summed E-state index contributed by atoms with van der Waals surface area (Å²) in [6, 6.07) is 15.0. The highest BCUT2D eigenvalue weighted by molar-refractivity contribution is 5.38. The summed E-state index contributed by atoms with van der Waals surface area (Å²) in [6.07, 6.45) is 0.979. The van der Waals surface area contributed by atoms with Gasteiger partial charge in [0.15, 0.2) is 0 Å². The number of aryl methyl sites for hydroxylation is 2. The van der Waals surface area contributed by atoms with Gasteiger partial charge in [0.05, 0.1) is 6.61 Å². The second kappa shape index (κ2) is 7.28. The summed E-state index contributed by atoms with van der Waals surface area (Å²) in [5.41, 5.74) is 11.2. The summed E-state index contributed by atoms with van der Waals surface area (Å²) in [4.78, 5) is 0. The van der Waals surface area contributed by atoms with Crippen LogP contribution in [0.25, 0.3) is 0 Å². The van der Waals surface area contributed by atoms with Crippen molar-refractivity contribution in [3.8, 4) is 5.75 Å². The molecule has 2 aromatic carbocycles. The maximum atomic E-state index is 6.03. The zero-order valence-corrected chi connectivity index (χ0v) is 13.2. The molecule has 0 saturated heterocycles. The molecule has 0 aliphatic carbocycles. The molecule has 2 aromatic rings. The topological polar surface area (TPSA) is 35.2 Å². The van der Waals surface area contributed by atoms with Crippen LogP contribution in [-0.4, -0.2) is 13.2 Å². The van der Waals surface area contributed by atoms with E-state index in [4.69, 9.17) is 10.5 Å². The van der Waals surface area contributed by atoms with Gasteiger partial charge in [-0.1, -0.05) is 35.9 Å². The Labute approximate surface area is 127 Å². The van der Waals surface area contributed by atoms with Gasteiger partial charge in [0.25, 0.3) is 0 Å². The summed E-state index contributed by atoms with van der Waals surface area (Å²) in [7, 11) is 0. The molecular weight excluding hydrogens is 258 g/mol. The molecule has 1 unspecified atom stereocenters. The molecule has 0 radical (unpaired) electrons. The molecule has 2 rings (SSSR count). The number of rotatable bonds is 6. The van der Waals surface area contributed by atoms with Gasteiger partial charge in [-0.25, -0.2) is 0 Å². The van der Waals surface area contributed by atoms with E-state index >= 15 is 0 Å². The average molecular weight is 283 g/mol. The van der Waals surface area contributed by atoms with E-state index in [-0.39, 0.29) is 0 Å². The zero-order chi connectivity index (χ0) is 15.2. The molecule has 0 aliphatic heterocycles. The molecule has 0 bridgehead atoms. The quantitative estimate of drug-likeness (QED) is 0.870. The minimum Gasteiger partial charge on any atom is -0.494 e. The lowest BCUT2D eigenvalue weighted by Crippen LogP contribution is -2.16. The Morgan fingerprint density at radius 2 is 1.90 bits per heavy atom. The summed E-state index contributed by atoms with van der Waals surface area (Å²) in [5.74, 6) is 1.28. The molecular formula is C19H25NO. The predicted molar refractivity (Wildman–Crippen MR) is 89.0 cm³/mol. The first-order chi connectivity index (χ1) is 10.1. The fraction of sp³-hybridized carbons (Fsp3) is 0.368. The van der Waals surface area contributed by atoms with Crippen molar-refractivity contribution in [2.75, 3.05) is 13.2 Å². The third kappa shape index (κ3) is 4.08. The minimum atomic E-state index is 0.350. The lowest BCUT2D eigenvalue weighted by Gasteiger charge is -2.19. The third-order valence-corrected chi connectivity index (χ3v) is 3.84. The van der Waals surface area contributed by atoms with Gasteiger partial charge >= 0.3 is 0 Å². The molecule has 0 fully saturated rings. The molecule has 2 heteroatoms. The van der Waals surface area contributed by atoms with Crippen LogP contribution in [0.2, 0.25) is 0 Å². The summed E-state index contributed by atoms with van der Waals surface area (Å²) >= 11 is 0. The first kappa shape index (κ1) is 15.6. The van der Waals surface area contributed by atoms with E-state index in [1.807, 2.05) is 13.0 Å². The summed E-state index contributed by atoms with van der Waals surface area (Å²) < 4.78 is 5.56.